The quantitative estimate of drug-likeness (QED) is 0.876. The lowest BCUT2D eigenvalue weighted by molar-refractivity contribution is -0.137. The summed E-state index contributed by atoms with van der Waals surface area (Å²) in [6, 6.07) is 4.79. The van der Waals surface area contributed by atoms with Crippen molar-refractivity contribution in [2.24, 2.45) is 0 Å². The first-order chi connectivity index (χ1) is 8.73. The highest BCUT2D eigenvalue weighted by molar-refractivity contribution is 6.43. The molecular weight excluding hydrogens is 289 g/mol. The van der Waals surface area contributed by atoms with Gasteiger partial charge >= 0.3 is 5.97 Å². The van der Waals surface area contributed by atoms with Crippen LogP contribution in [0.15, 0.2) is 18.2 Å². The third-order valence-corrected chi connectivity index (χ3v) is 3.43. The molecule has 0 saturated carbocycles. The lowest BCUT2D eigenvalue weighted by atomic mass is 9.98. The van der Waals surface area contributed by atoms with Gasteiger partial charge in [0.2, 0.25) is 0 Å². The fraction of sp³-hybridized carbons (Fsp3) is 0.385. The first kappa shape index (κ1) is 15.8. The average Bonchev–Trinajstić information content (AvgIpc) is 2.29. The summed E-state index contributed by atoms with van der Waals surface area (Å²) in [4.78, 5) is 22.6. The lowest BCUT2D eigenvalue weighted by Gasteiger charge is -2.26. The number of carboxylic acid groups (broad SMARTS) is 1. The number of halogens is 2. The molecule has 19 heavy (non-hydrogen) atoms. The smallest absolute Gasteiger partial charge is 0.303 e. The Morgan fingerprint density at radius 2 is 1.95 bits per heavy atom. The van der Waals surface area contributed by atoms with E-state index in [0.29, 0.717) is 11.4 Å². The van der Waals surface area contributed by atoms with Gasteiger partial charge in [-0.05, 0) is 32.4 Å². The molecular formula is C13H15Cl2NO3. The minimum Gasteiger partial charge on any atom is -0.481 e. The van der Waals surface area contributed by atoms with Crippen molar-refractivity contribution in [2.45, 2.75) is 32.2 Å². The molecule has 1 aromatic carbocycles. The molecule has 0 bridgehead atoms. The van der Waals surface area contributed by atoms with E-state index < -0.39 is 11.5 Å². The van der Waals surface area contributed by atoms with Crippen molar-refractivity contribution in [3.05, 3.63) is 33.8 Å². The summed E-state index contributed by atoms with van der Waals surface area (Å²) < 4.78 is 0. The Morgan fingerprint density at radius 1 is 1.32 bits per heavy atom. The van der Waals surface area contributed by atoms with E-state index in [-0.39, 0.29) is 22.9 Å². The van der Waals surface area contributed by atoms with Gasteiger partial charge in [-0.15, -0.1) is 0 Å². The first-order valence-corrected chi connectivity index (χ1v) is 6.47. The highest BCUT2D eigenvalue weighted by atomic mass is 35.5. The van der Waals surface area contributed by atoms with Crippen LogP contribution >= 0.6 is 23.2 Å². The van der Waals surface area contributed by atoms with Gasteiger partial charge in [-0.2, -0.15) is 0 Å². The highest BCUT2D eigenvalue weighted by Crippen LogP contribution is 2.26. The molecule has 0 aliphatic carbocycles. The van der Waals surface area contributed by atoms with Crippen LogP contribution in [0.2, 0.25) is 10.0 Å². The molecule has 6 heteroatoms. The summed E-state index contributed by atoms with van der Waals surface area (Å²) in [6.07, 6.45) is 0.308. The summed E-state index contributed by atoms with van der Waals surface area (Å²) in [6.45, 7) is 3.51. The molecule has 0 aromatic heterocycles. The normalized spacial score (nSPS) is 11.2. The van der Waals surface area contributed by atoms with Gasteiger partial charge in [-0.1, -0.05) is 29.3 Å². The van der Waals surface area contributed by atoms with Crippen LogP contribution in [0.25, 0.3) is 0 Å². The molecule has 0 atom stereocenters. The number of hydrogen-bond donors (Lipinski definition) is 2. The Kier molecular flexibility index (Phi) is 5.20. The van der Waals surface area contributed by atoms with E-state index in [1.807, 2.05) is 0 Å². The molecule has 1 amide bonds. The Balaban J connectivity index is 2.79. The van der Waals surface area contributed by atoms with E-state index in [1.54, 1.807) is 32.0 Å². The standard InChI is InChI=1S/C13H15Cl2NO3/c1-13(2,7-6-10(17)18)16-12(19)8-4-3-5-9(14)11(8)15/h3-5H,6-7H2,1-2H3,(H,16,19)(H,17,18). The molecule has 0 radical (unpaired) electrons. The molecule has 0 heterocycles. The van der Waals surface area contributed by atoms with Gasteiger partial charge in [-0.3, -0.25) is 9.59 Å². The number of aliphatic carboxylic acids is 1. The van der Waals surface area contributed by atoms with E-state index in [2.05, 4.69) is 5.32 Å². The monoisotopic (exact) mass is 303 g/mol. The van der Waals surface area contributed by atoms with Gasteiger partial charge in [0.25, 0.3) is 5.91 Å². The zero-order valence-corrected chi connectivity index (χ0v) is 12.2. The second-order valence-electron chi connectivity index (χ2n) is 4.83. The average molecular weight is 304 g/mol. The zero-order valence-electron chi connectivity index (χ0n) is 10.7. The Hall–Kier alpha value is -1.26. The minimum absolute atomic E-state index is 0.0173. The fourth-order valence-electron chi connectivity index (χ4n) is 1.54. The van der Waals surface area contributed by atoms with Crippen LogP contribution in [0, 0.1) is 0 Å². The summed E-state index contributed by atoms with van der Waals surface area (Å²) in [5, 5.41) is 11.9. The van der Waals surface area contributed by atoms with E-state index in [1.165, 1.54) is 0 Å². The number of rotatable bonds is 5. The predicted molar refractivity (Wildman–Crippen MR) is 74.9 cm³/mol. The number of amides is 1. The second kappa shape index (κ2) is 6.26. The van der Waals surface area contributed by atoms with Crippen LogP contribution in [0.5, 0.6) is 0 Å². The molecule has 1 aromatic rings. The van der Waals surface area contributed by atoms with E-state index in [9.17, 15) is 9.59 Å². The van der Waals surface area contributed by atoms with Crippen LogP contribution in [-0.2, 0) is 4.79 Å². The van der Waals surface area contributed by atoms with E-state index >= 15 is 0 Å². The van der Waals surface area contributed by atoms with E-state index in [0.717, 1.165) is 0 Å². The summed E-state index contributed by atoms with van der Waals surface area (Å²) >= 11 is 11.8. The number of carbonyl (C=O) groups is 2. The van der Waals surface area contributed by atoms with Gasteiger partial charge in [0, 0.05) is 12.0 Å². The molecule has 2 N–H and O–H groups in total. The predicted octanol–water partition coefficient (Wildman–Crippen LogP) is 3.37. The largest absolute Gasteiger partial charge is 0.481 e. The fourth-order valence-corrected chi connectivity index (χ4v) is 1.92. The lowest BCUT2D eigenvalue weighted by Crippen LogP contribution is -2.43. The molecule has 104 valence electrons. The Bertz CT molecular complexity index is 501. The number of benzene rings is 1. The number of hydrogen-bond acceptors (Lipinski definition) is 2. The molecule has 0 fully saturated rings. The summed E-state index contributed by atoms with van der Waals surface area (Å²) in [5.74, 6) is -1.27. The van der Waals surface area contributed by atoms with Crippen molar-refractivity contribution in [2.75, 3.05) is 0 Å². The van der Waals surface area contributed by atoms with Crippen LogP contribution in [-0.4, -0.2) is 22.5 Å². The third kappa shape index (κ3) is 4.73. The SMILES string of the molecule is CC(C)(CCC(=O)O)NC(=O)c1cccc(Cl)c1Cl. The summed E-state index contributed by atoms with van der Waals surface area (Å²) in [5.41, 5.74) is -0.362. The van der Waals surface area contributed by atoms with Gasteiger partial charge < -0.3 is 10.4 Å². The molecule has 0 saturated heterocycles. The maximum atomic E-state index is 12.1. The van der Waals surface area contributed by atoms with Gasteiger partial charge in [0.1, 0.15) is 0 Å². The molecule has 0 aliphatic rings. The Labute approximate surface area is 121 Å². The minimum atomic E-state index is -0.900. The van der Waals surface area contributed by atoms with Crippen molar-refractivity contribution in [3.8, 4) is 0 Å². The van der Waals surface area contributed by atoms with Crippen LogP contribution in [0.3, 0.4) is 0 Å². The second-order valence-corrected chi connectivity index (χ2v) is 5.62. The third-order valence-electron chi connectivity index (χ3n) is 2.61. The van der Waals surface area contributed by atoms with Crippen LogP contribution in [0.1, 0.15) is 37.0 Å². The first-order valence-electron chi connectivity index (χ1n) is 5.71. The van der Waals surface area contributed by atoms with Gasteiger partial charge in [-0.25, -0.2) is 0 Å². The molecule has 0 spiro atoms. The van der Waals surface area contributed by atoms with Crippen molar-refractivity contribution in [1.82, 2.24) is 5.32 Å². The number of carboxylic acids is 1. The molecule has 1 rings (SSSR count). The van der Waals surface area contributed by atoms with Gasteiger partial charge in [0.15, 0.2) is 0 Å². The van der Waals surface area contributed by atoms with Crippen molar-refractivity contribution < 1.29 is 14.7 Å². The number of carbonyl (C=O) groups excluding carboxylic acids is 1. The van der Waals surface area contributed by atoms with Crippen molar-refractivity contribution in [3.63, 3.8) is 0 Å². The topological polar surface area (TPSA) is 66.4 Å². The molecule has 4 nitrogen and oxygen atoms in total. The van der Waals surface area contributed by atoms with Crippen molar-refractivity contribution in [1.29, 1.82) is 0 Å². The van der Waals surface area contributed by atoms with Crippen LogP contribution in [0.4, 0.5) is 0 Å². The number of nitrogens with one attached hydrogen (secondary N) is 1. The summed E-state index contributed by atoms with van der Waals surface area (Å²) in [7, 11) is 0. The molecule has 0 unspecified atom stereocenters. The highest BCUT2D eigenvalue weighted by Gasteiger charge is 2.23. The molecule has 0 aliphatic heterocycles. The van der Waals surface area contributed by atoms with Crippen LogP contribution < -0.4 is 5.32 Å². The zero-order chi connectivity index (χ0) is 14.6. The van der Waals surface area contributed by atoms with E-state index in [4.69, 9.17) is 28.3 Å². The maximum absolute atomic E-state index is 12.1. The van der Waals surface area contributed by atoms with Crippen molar-refractivity contribution >= 4 is 35.1 Å². The maximum Gasteiger partial charge on any atom is 0.303 e. The van der Waals surface area contributed by atoms with Gasteiger partial charge in [0.05, 0.1) is 15.6 Å². The Morgan fingerprint density at radius 3 is 2.53 bits per heavy atom.